The molecule has 0 bridgehead atoms. The molecule has 1 aromatic heterocycles. The summed E-state index contributed by atoms with van der Waals surface area (Å²) in [4.78, 5) is 28.1. The van der Waals surface area contributed by atoms with Gasteiger partial charge in [-0.1, -0.05) is 67.6 Å². The van der Waals surface area contributed by atoms with Gasteiger partial charge in [0.1, 0.15) is 0 Å². The van der Waals surface area contributed by atoms with E-state index in [9.17, 15) is 9.59 Å². The number of rotatable bonds is 6. The number of carbonyl (C=O) groups is 2. The fraction of sp³-hybridized carbons (Fsp3) is 0.370. The number of aromatic nitrogens is 2. The van der Waals surface area contributed by atoms with Crippen LogP contribution in [-0.4, -0.2) is 33.1 Å². The molecular weight excluding hydrogens is 426 g/mol. The number of hydrogen-bond donors (Lipinski definition) is 3. The minimum Gasteiger partial charge on any atom is -0.335 e. The first kappa shape index (κ1) is 22.2. The van der Waals surface area contributed by atoms with Crippen LogP contribution in [0.1, 0.15) is 67.8 Å². The Labute approximate surface area is 199 Å². The smallest absolute Gasteiger partial charge is 0.318 e. The first-order valence-electron chi connectivity index (χ1n) is 12.0. The van der Waals surface area contributed by atoms with Crippen molar-refractivity contribution < 1.29 is 9.59 Å². The van der Waals surface area contributed by atoms with E-state index in [-0.39, 0.29) is 23.9 Å². The average Bonchev–Trinajstić information content (AvgIpc) is 3.39. The van der Waals surface area contributed by atoms with Crippen LogP contribution in [0.4, 0.5) is 10.6 Å². The molecule has 2 heterocycles. The van der Waals surface area contributed by atoms with Gasteiger partial charge >= 0.3 is 6.03 Å². The Morgan fingerprint density at radius 1 is 1.12 bits per heavy atom. The van der Waals surface area contributed by atoms with E-state index < -0.39 is 5.54 Å². The summed E-state index contributed by atoms with van der Waals surface area (Å²) in [6.07, 6.45) is 1.64. The zero-order chi connectivity index (χ0) is 23.9. The first-order valence-corrected chi connectivity index (χ1v) is 12.0. The fourth-order valence-electron chi connectivity index (χ4n) is 5.07. The molecule has 1 aliphatic heterocycles. The highest BCUT2D eigenvalue weighted by Crippen LogP contribution is 2.43. The highest BCUT2D eigenvalue weighted by Gasteiger charge is 2.47. The van der Waals surface area contributed by atoms with Crippen molar-refractivity contribution in [2.45, 2.75) is 63.6 Å². The Morgan fingerprint density at radius 3 is 2.47 bits per heavy atom. The molecule has 5 rings (SSSR count). The monoisotopic (exact) mass is 457 g/mol. The summed E-state index contributed by atoms with van der Waals surface area (Å²) in [5.74, 6) is 0.528. The van der Waals surface area contributed by atoms with Crippen LogP contribution < -0.4 is 10.6 Å². The summed E-state index contributed by atoms with van der Waals surface area (Å²) >= 11 is 0. The molecule has 1 fully saturated rings. The zero-order valence-corrected chi connectivity index (χ0v) is 19.8. The Bertz CT molecular complexity index is 1190. The topological polar surface area (TPSA) is 90.1 Å². The van der Waals surface area contributed by atoms with Gasteiger partial charge in [0.05, 0.1) is 23.7 Å². The first-order chi connectivity index (χ1) is 16.4. The van der Waals surface area contributed by atoms with Crippen LogP contribution in [0.15, 0.2) is 60.7 Å². The highest BCUT2D eigenvalue weighted by molar-refractivity contribution is 5.96. The number of benzene rings is 2. The largest absolute Gasteiger partial charge is 0.335 e. The molecule has 0 saturated heterocycles. The number of nitrogens with one attached hydrogen (secondary N) is 3. The molecule has 0 spiro atoms. The number of urea groups is 1. The highest BCUT2D eigenvalue weighted by atomic mass is 16.2. The second-order valence-electron chi connectivity index (χ2n) is 9.74. The van der Waals surface area contributed by atoms with Gasteiger partial charge in [0, 0.05) is 17.5 Å². The molecule has 1 saturated carbocycles. The van der Waals surface area contributed by atoms with Crippen LogP contribution in [0.2, 0.25) is 0 Å². The summed E-state index contributed by atoms with van der Waals surface area (Å²) in [5, 5.41) is 13.7. The number of carbonyl (C=O) groups excluding carboxylic acids is 2. The molecule has 3 aromatic rings. The number of H-pyrrole nitrogens is 1. The second kappa shape index (κ2) is 8.63. The number of fused-ring (bicyclic) bond motifs is 1. The van der Waals surface area contributed by atoms with Crippen LogP contribution in [-0.2, 0) is 16.9 Å². The van der Waals surface area contributed by atoms with Crippen molar-refractivity contribution in [3.05, 3.63) is 83.0 Å². The van der Waals surface area contributed by atoms with Crippen molar-refractivity contribution in [3.8, 4) is 0 Å². The fourth-order valence-corrected chi connectivity index (χ4v) is 5.07. The number of anilines is 1. The molecule has 7 heteroatoms. The maximum Gasteiger partial charge on any atom is 0.318 e. The second-order valence-corrected chi connectivity index (χ2v) is 9.74. The third-order valence-corrected chi connectivity index (χ3v) is 7.21. The van der Waals surface area contributed by atoms with Crippen molar-refractivity contribution >= 4 is 17.8 Å². The lowest BCUT2D eigenvalue weighted by molar-refractivity contribution is -0.117. The predicted octanol–water partition coefficient (Wildman–Crippen LogP) is 4.86. The summed E-state index contributed by atoms with van der Waals surface area (Å²) in [6, 6.07) is 20.1. The Kier molecular flexibility index (Phi) is 5.63. The van der Waals surface area contributed by atoms with Crippen molar-refractivity contribution in [3.63, 3.8) is 0 Å². The normalized spacial score (nSPS) is 21.0. The van der Waals surface area contributed by atoms with Crippen LogP contribution in [0.5, 0.6) is 0 Å². The standard InChI is InChI=1S/C27H31N5O2/c1-4-19(17-11-7-5-8-12-17)25(33)29-24-21-16-32(27(2,3)23(21)30-31-24)26(34)28-22-15-20(22)18-13-9-6-10-14-18/h5-14,19-20,22H,4,15-16H2,1-3H3,(H,28,34)(H2,29,30,31,33)/t19?,20-,22+/m0/s1. The van der Waals surface area contributed by atoms with Gasteiger partial charge in [-0.05, 0) is 37.8 Å². The molecule has 3 amide bonds. The van der Waals surface area contributed by atoms with Gasteiger partial charge in [-0.15, -0.1) is 0 Å². The van der Waals surface area contributed by atoms with E-state index >= 15 is 0 Å². The molecule has 176 valence electrons. The van der Waals surface area contributed by atoms with Gasteiger partial charge in [0.15, 0.2) is 5.82 Å². The molecule has 3 atom stereocenters. The number of hydrogen-bond acceptors (Lipinski definition) is 3. The number of aromatic amines is 1. The van der Waals surface area contributed by atoms with Gasteiger partial charge in [0.25, 0.3) is 0 Å². The van der Waals surface area contributed by atoms with E-state index in [1.807, 2.05) is 74.2 Å². The summed E-state index contributed by atoms with van der Waals surface area (Å²) in [7, 11) is 0. The average molecular weight is 458 g/mol. The molecule has 7 nitrogen and oxygen atoms in total. The van der Waals surface area contributed by atoms with Crippen molar-refractivity contribution in [2.24, 2.45) is 0 Å². The van der Waals surface area contributed by atoms with E-state index in [2.05, 4.69) is 33.0 Å². The van der Waals surface area contributed by atoms with Gasteiger partial charge in [-0.2, -0.15) is 5.10 Å². The van der Waals surface area contributed by atoms with E-state index in [0.29, 0.717) is 24.7 Å². The van der Waals surface area contributed by atoms with Crippen LogP contribution in [0.25, 0.3) is 0 Å². The van der Waals surface area contributed by atoms with Crippen molar-refractivity contribution in [2.75, 3.05) is 5.32 Å². The number of nitrogens with zero attached hydrogens (tertiary/aromatic N) is 2. The Hall–Kier alpha value is -3.61. The molecule has 2 aliphatic rings. The quantitative estimate of drug-likeness (QED) is 0.494. The SMILES string of the molecule is CCC(C(=O)Nc1n[nH]c2c1CN(C(=O)N[C@@H]1C[C@H]1c1ccccc1)C2(C)C)c1ccccc1. The molecule has 1 unspecified atom stereocenters. The minimum absolute atomic E-state index is 0.0904. The molecule has 2 aromatic carbocycles. The van der Waals surface area contributed by atoms with Crippen LogP contribution in [0.3, 0.4) is 0 Å². The van der Waals surface area contributed by atoms with E-state index in [1.165, 1.54) is 5.56 Å². The lowest BCUT2D eigenvalue weighted by Gasteiger charge is -2.32. The Balaban J connectivity index is 1.27. The Morgan fingerprint density at radius 2 is 1.79 bits per heavy atom. The van der Waals surface area contributed by atoms with Gasteiger partial charge in [-0.3, -0.25) is 9.89 Å². The van der Waals surface area contributed by atoms with Crippen molar-refractivity contribution in [1.29, 1.82) is 0 Å². The van der Waals surface area contributed by atoms with Gasteiger partial charge in [0.2, 0.25) is 5.91 Å². The summed E-state index contributed by atoms with van der Waals surface area (Å²) in [6.45, 7) is 6.40. The maximum atomic E-state index is 13.2. The third kappa shape index (κ3) is 3.95. The van der Waals surface area contributed by atoms with Crippen LogP contribution in [0, 0.1) is 0 Å². The lowest BCUT2D eigenvalue weighted by Crippen LogP contribution is -2.47. The zero-order valence-electron chi connectivity index (χ0n) is 19.8. The van der Waals surface area contributed by atoms with Gasteiger partial charge < -0.3 is 15.5 Å². The summed E-state index contributed by atoms with van der Waals surface area (Å²) in [5.41, 5.74) is 3.41. The maximum absolute atomic E-state index is 13.2. The third-order valence-electron chi connectivity index (χ3n) is 7.21. The van der Waals surface area contributed by atoms with Crippen molar-refractivity contribution in [1.82, 2.24) is 20.4 Å². The van der Waals surface area contributed by atoms with Crippen LogP contribution >= 0.6 is 0 Å². The predicted molar refractivity (Wildman–Crippen MR) is 131 cm³/mol. The number of amides is 3. The lowest BCUT2D eigenvalue weighted by atomic mass is 9.95. The molecular formula is C27H31N5O2. The molecule has 3 N–H and O–H groups in total. The van der Waals surface area contributed by atoms with Gasteiger partial charge in [-0.25, -0.2) is 4.79 Å². The van der Waals surface area contributed by atoms with E-state index in [1.54, 1.807) is 0 Å². The molecule has 1 aliphatic carbocycles. The molecule has 34 heavy (non-hydrogen) atoms. The minimum atomic E-state index is -0.559. The van der Waals surface area contributed by atoms with E-state index in [0.717, 1.165) is 23.2 Å². The van der Waals surface area contributed by atoms with E-state index in [4.69, 9.17) is 0 Å². The summed E-state index contributed by atoms with van der Waals surface area (Å²) < 4.78 is 0. The molecule has 0 radical (unpaired) electrons.